The van der Waals surface area contributed by atoms with E-state index in [2.05, 4.69) is 9.62 Å². The molecule has 17 heavy (non-hydrogen) atoms. The van der Waals surface area contributed by atoms with Crippen LogP contribution < -0.4 is 4.72 Å². The molecule has 100 valence electrons. The number of nitrogens with one attached hydrogen (secondary N) is 1. The van der Waals surface area contributed by atoms with Crippen molar-refractivity contribution >= 4 is 10.0 Å². The van der Waals surface area contributed by atoms with Crippen molar-refractivity contribution in [3.05, 3.63) is 0 Å². The fourth-order valence-corrected chi connectivity index (χ4v) is 3.47. The molecule has 0 aromatic carbocycles. The maximum absolute atomic E-state index is 11.1. The van der Waals surface area contributed by atoms with Crippen LogP contribution in [0.3, 0.4) is 0 Å². The second-order valence-corrected chi connectivity index (χ2v) is 6.97. The lowest BCUT2D eigenvalue weighted by Crippen LogP contribution is -2.45. The van der Waals surface area contributed by atoms with Crippen LogP contribution in [0.25, 0.3) is 0 Å². The first-order chi connectivity index (χ1) is 8.03. The Kier molecular flexibility index (Phi) is 4.41. The molecule has 2 rings (SSSR count). The fourth-order valence-electron chi connectivity index (χ4n) is 2.63. The fraction of sp³-hybridized carbons (Fsp3) is 1.00. The normalized spacial score (nSPS) is 28.6. The summed E-state index contributed by atoms with van der Waals surface area (Å²) in [5.41, 5.74) is 0. The van der Waals surface area contributed by atoms with E-state index in [0.717, 1.165) is 45.7 Å². The number of likely N-dealkylation sites (tertiary alicyclic amines) is 1. The Hall–Kier alpha value is -0.170. The van der Waals surface area contributed by atoms with Gasteiger partial charge in [0.05, 0.1) is 12.9 Å². The first-order valence-electron chi connectivity index (χ1n) is 6.30. The molecule has 2 fully saturated rings. The molecule has 0 amide bonds. The third-order valence-corrected chi connectivity index (χ3v) is 4.27. The summed E-state index contributed by atoms with van der Waals surface area (Å²) in [6.45, 7) is 4.87. The van der Waals surface area contributed by atoms with E-state index < -0.39 is 10.0 Å². The van der Waals surface area contributed by atoms with Crippen molar-refractivity contribution in [2.75, 3.05) is 39.1 Å². The van der Waals surface area contributed by atoms with E-state index in [1.807, 2.05) is 0 Å². The first-order valence-corrected chi connectivity index (χ1v) is 8.19. The van der Waals surface area contributed by atoms with Crippen LogP contribution >= 0.6 is 0 Å². The van der Waals surface area contributed by atoms with Gasteiger partial charge in [-0.25, -0.2) is 13.1 Å². The molecule has 1 atom stereocenters. The van der Waals surface area contributed by atoms with Crippen LogP contribution in [0.5, 0.6) is 0 Å². The van der Waals surface area contributed by atoms with E-state index in [-0.39, 0.29) is 6.04 Å². The van der Waals surface area contributed by atoms with Crippen molar-refractivity contribution in [2.45, 2.75) is 25.3 Å². The van der Waals surface area contributed by atoms with Gasteiger partial charge in [-0.15, -0.1) is 0 Å². The summed E-state index contributed by atoms with van der Waals surface area (Å²) in [7, 11) is -3.05. The highest BCUT2D eigenvalue weighted by Crippen LogP contribution is 2.17. The van der Waals surface area contributed by atoms with Crippen LogP contribution in [-0.2, 0) is 14.8 Å². The quantitative estimate of drug-likeness (QED) is 0.777. The van der Waals surface area contributed by atoms with Gasteiger partial charge in [0, 0.05) is 19.2 Å². The van der Waals surface area contributed by atoms with Gasteiger partial charge in [-0.1, -0.05) is 0 Å². The van der Waals surface area contributed by atoms with Gasteiger partial charge in [-0.05, 0) is 38.3 Å². The number of ether oxygens (including phenoxy) is 1. The van der Waals surface area contributed by atoms with Crippen LogP contribution in [0.1, 0.15) is 19.3 Å². The zero-order valence-corrected chi connectivity index (χ0v) is 11.2. The first kappa shape index (κ1) is 13.3. The van der Waals surface area contributed by atoms with Crippen LogP contribution in [0.2, 0.25) is 0 Å². The molecule has 2 aliphatic heterocycles. The largest absolute Gasteiger partial charge is 0.381 e. The molecule has 0 radical (unpaired) electrons. The number of hydrogen-bond acceptors (Lipinski definition) is 4. The smallest absolute Gasteiger partial charge is 0.208 e. The minimum absolute atomic E-state index is 0.126. The van der Waals surface area contributed by atoms with Gasteiger partial charge in [0.25, 0.3) is 0 Å². The summed E-state index contributed by atoms with van der Waals surface area (Å²) in [4.78, 5) is 2.43. The van der Waals surface area contributed by atoms with Crippen LogP contribution in [0.15, 0.2) is 0 Å². The molecule has 2 aliphatic rings. The van der Waals surface area contributed by atoms with E-state index in [4.69, 9.17) is 4.74 Å². The van der Waals surface area contributed by atoms with Gasteiger partial charge in [0.1, 0.15) is 0 Å². The number of hydrogen-bond donors (Lipinski definition) is 1. The zero-order valence-electron chi connectivity index (χ0n) is 10.4. The maximum Gasteiger partial charge on any atom is 0.208 e. The van der Waals surface area contributed by atoms with E-state index in [1.165, 1.54) is 12.7 Å². The molecule has 5 nitrogen and oxygen atoms in total. The number of nitrogens with zero attached hydrogens (tertiary/aromatic N) is 1. The molecule has 0 bridgehead atoms. The van der Waals surface area contributed by atoms with E-state index in [9.17, 15) is 8.42 Å². The molecule has 0 saturated carbocycles. The molecule has 1 N–H and O–H groups in total. The molecule has 2 heterocycles. The summed E-state index contributed by atoms with van der Waals surface area (Å²) in [5.74, 6) is 0.675. The summed E-state index contributed by atoms with van der Waals surface area (Å²) in [5, 5.41) is 0. The zero-order chi connectivity index (χ0) is 12.3. The lowest BCUT2D eigenvalue weighted by Gasteiger charge is -2.33. The lowest BCUT2D eigenvalue weighted by atomic mass is 10.0. The molecule has 6 heteroatoms. The van der Waals surface area contributed by atoms with Gasteiger partial charge in [-0.2, -0.15) is 0 Å². The molecule has 1 unspecified atom stereocenters. The number of sulfonamides is 1. The van der Waals surface area contributed by atoms with Gasteiger partial charge in [-0.3, -0.25) is 0 Å². The second-order valence-electron chi connectivity index (χ2n) is 5.19. The van der Waals surface area contributed by atoms with Crippen molar-refractivity contribution in [1.82, 2.24) is 9.62 Å². The third-order valence-electron chi connectivity index (χ3n) is 3.51. The van der Waals surface area contributed by atoms with E-state index >= 15 is 0 Å². The summed E-state index contributed by atoms with van der Waals surface area (Å²) >= 11 is 0. The molecular weight excluding hydrogens is 240 g/mol. The molecule has 0 aromatic rings. The Bertz CT molecular complexity index is 331. The summed E-state index contributed by atoms with van der Waals surface area (Å²) < 4.78 is 30.3. The highest BCUT2D eigenvalue weighted by Gasteiger charge is 2.24. The average Bonchev–Trinajstić information content (AvgIpc) is 2.71. The molecule has 0 aromatic heterocycles. The van der Waals surface area contributed by atoms with Crippen LogP contribution in [0.4, 0.5) is 0 Å². The highest BCUT2D eigenvalue weighted by atomic mass is 32.2. The number of piperidine rings is 1. The highest BCUT2D eigenvalue weighted by molar-refractivity contribution is 7.88. The van der Waals surface area contributed by atoms with Gasteiger partial charge in [0.2, 0.25) is 10.0 Å². The number of rotatable bonds is 4. The molecular formula is C11H22N2O3S. The van der Waals surface area contributed by atoms with Gasteiger partial charge in [0.15, 0.2) is 0 Å². The second kappa shape index (κ2) is 5.65. The predicted molar refractivity (Wildman–Crippen MR) is 66.4 cm³/mol. The van der Waals surface area contributed by atoms with Crippen molar-refractivity contribution in [1.29, 1.82) is 0 Å². The standard InChI is InChI=1S/C11H22N2O3S/c1-17(14,15)12-11-2-5-13(6-3-11)8-10-4-7-16-9-10/h10-12H,2-9H2,1H3. The van der Waals surface area contributed by atoms with Crippen LogP contribution in [0, 0.1) is 5.92 Å². The Morgan fingerprint density at radius 2 is 2.00 bits per heavy atom. The van der Waals surface area contributed by atoms with E-state index in [1.54, 1.807) is 0 Å². The van der Waals surface area contributed by atoms with Crippen LogP contribution in [-0.4, -0.2) is 58.5 Å². The van der Waals surface area contributed by atoms with Crippen molar-refractivity contribution in [3.8, 4) is 0 Å². The van der Waals surface area contributed by atoms with Crippen molar-refractivity contribution < 1.29 is 13.2 Å². The van der Waals surface area contributed by atoms with Crippen molar-refractivity contribution in [2.24, 2.45) is 5.92 Å². The predicted octanol–water partition coefficient (Wildman–Crippen LogP) is 0.0365. The van der Waals surface area contributed by atoms with Crippen molar-refractivity contribution in [3.63, 3.8) is 0 Å². The lowest BCUT2D eigenvalue weighted by molar-refractivity contribution is 0.151. The Morgan fingerprint density at radius 3 is 2.53 bits per heavy atom. The Morgan fingerprint density at radius 1 is 1.29 bits per heavy atom. The Labute approximate surface area is 104 Å². The SMILES string of the molecule is CS(=O)(=O)NC1CCN(CC2CCOC2)CC1. The topological polar surface area (TPSA) is 58.6 Å². The maximum atomic E-state index is 11.1. The summed E-state index contributed by atoms with van der Waals surface area (Å²) in [6, 6.07) is 0.126. The molecule has 2 saturated heterocycles. The minimum Gasteiger partial charge on any atom is -0.381 e. The Balaban J connectivity index is 1.70. The molecule has 0 aliphatic carbocycles. The minimum atomic E-state index is -3.05. The monoisotopic (exact) mass is 262 g/mol. The van der Waals surface area contributed by atoms with E-state index in [0.29, 0.717) is 5.92 Å². The third kappa shape index (κ3) is 4.54. The summed E-state index contributed by atoms with van der Waals surface area (Å²) in [6.07, 6.45) is 4.23. The van der Waals surface area contributed by atoms with Gasteiger partial charge < -0.3 is 9.64 Å². The molecule has 0 spiro atoms. The average molecular weight is 262 g/mol. The van der Waals surface area contributed by atoms with Gasteiger partial charge >= 0.3 is 0 Å².